The lowest BCUT2D eigenvalue weighted by Gasteiger charge is -2.10. The zero-order valence-electron chi connectivity index (χ0n) is 37.9. The number of benzene rings is 12. The predicted octanol–water partition coefficient (Wildman–Crippen LogP) is 18.8. The minimum absolute atomic E-state index is 1.13. The molecular weight excluding hydrogens is 831 g/mol. The van der Waals surface area contributed by atoms with Gasteiger partial charge in [-0.15, -0.1) is 0 Å². The summed E-state index contributed by atoms with van der Waals surface area (Å²) in [4.78, 5) is 0. The Hall–Kier alpha value is -9.04. The first-order valence-electron chi connectivity index (χ1n) is 23.8. The summed E-state index contributed by atoms with van der Waals surface area (Å²) in [5.41, 5.74) is 19.2. The molecule has 0 atom stereocenters. The quantitative estimate of drug-likeness (QED) is 0.143. The van der Waals surface area contributed by atoms with Crippen molar-refractivity contribution in [2.45, 2.75) is 0 Å². The van der Waals surface area contributed by atoms with Crippen molar-refractivity contribution in [2.24, 2.45) is 0 Å². The first-order valence-corrected chi connectivity index (χ1v) is 23.8. The Balaban J connectivity index is 0.834. The van der Waals surface area contributed by atoms with E-state index in [0.29, 0.717) is 0 Å². The molecule has 69 heavy (non-hydrogen) atoms. The monoisotopic (exact) mass is 875 g/mol. The van der Waals surface area contributed by atoms with Crippen molar-refractivity contribution >= 4 is 43.2 Å². The van der Waals surface area contributed by atoms with Crippen LogP contribution in [0.2, 0.25) is 0 Å². The van der Waals surface area contributed by atoms with E-state index in [1.54, 1.807) is 0 Å². The van der Waals surface area contributed by atoms with Gasteiger partial charge in [0.05, 0.1) is 5.52 Å². The Morgan fingerprint density at radius 2 is 0.565 bits per heavy atom. The Bertz CT molecular complexity index is 3990. The molecule has 0 aliphatic rings. The number of hydrogen-bond acceptors (Lipinski definition) is 0. The van der Waals surface area contributed by atoms with E-state index in [-0.39, 0.29) is 0 Å². The molecular formula is C68H45N. The van der Waals surface area contributed by atoms with Gasteiger partial charge >= 0.3 is 0 Å². The molecule has 0 amide bonds. The molecule has 13 rings (SSSR count). The third kappa shape index (κ3) is 7.48. The van der Waals surface area contributed by atoms with E-state index in [1.165, 1.54) is 121 Å². The highest BCUT2D eigenvalue weighted by Crippen LogP contribution is 2.39. The molecule has 0 bridgehead atoms. The van der Waals surface area contributed by atoms with Crippen LogP contribution in [0.15, 0.2) is 273 Å². The summed E-state index contributed by atoms with van der Waals surface area (Å²) < 4.78 is 2.35. The fraction of sp³-hybridized carbons (Fsp3) is 0. The van der Waals surface area contributed by atoms with Crippen molar-refractivity contribution in [3.05, 3.63) is 273 Å². The summed E-state index contributed by atoms with van der Waals surface area (Å²) in [5.74, 6) is 0. The van der Waals surface area contributed by atoms with Gasteiger partial charge in [-0.25, -0.2) is 0 Å². The highest BCUT2D eigenvalue weighted by atomic mass is 15.0. The first kappa shape index (κ1) is 40.3. The van der Waals surface area contributed by atoms with E-state index in [4.69, 9.17) is 0 Å². The summed E-state index contributed by atoms with van der Waals surface area (Å²) in [6.45, 7) is 0. The van der Waals surface area contributed by atoms with E-state index in [1.807, 2.05) is 0 Å². The van der Waals surface area contributed by atoms with Crippen molar-refractivity contribution in [2.75, 3.05) is 0 Å². The highest BCUT2D eigenvalue weighted by molar-refractivity contribution is 6.01. The SMILES string of the molecule is c1ccc2cc(-c3ccc(-n4cc(-c5ccc(-c6ccc(-c7cccc8ccccc78)cc6)cc5)c5cc(-c6ccc(-c7ccc(-c8cccc9ccccc89)cc7)cc6)ccc54)cc3)ccc2c1. The molecule has 0 N–H and O–H groups in total. The van der Waals surface area contributed by atoms with Gasteiger partial charge in [-0.1, -0.05) is 237 Å². The third-order valence-corrected chi connectivity index (χ3v) is 14.1. The molecule has 0 spiro atoms. The Morgan fingerprint density at radius 3 is 1.09 bits per heavy atom. The lowest BCUT2D eigenvalue weighted by molar-refractivity contribution is 1.13. The molecule has 0 saturated carbocycles. The van der Waals surface area contributed by atoms with Crippen LogP contribution >= 0.6 is 0 Å². The van der Waals surface area contributed by atoms with Gasteiger partial charge in [-0.2, -0.15) is 0 Å². The largest absolute Gasteiger partial charge is 0.316 e. The van der Waals surface area contributed by atoms with Gasteiger partial charge in [-0.05, 0) is 135 Å². The number of fused-ring (bicyclic) bond motifs is 4. The molecule has 0 aliphatic carbocycles. The van der Waals surface area contributed by atoms with Crippen LogP contribution < -0.4 is 0 Å². The van der Waals surface area contributed by atoms with Gasteiger partial charge < -0.3 is 4.57 Å². The van der Waals surface area contributed by atoms with Gasteiger partial charge in [-0.3, -0.25) is 0 Å². The minimum Gasteiger partial charge on any atom is -0.316 e. The van der Waals surface area contributed by atoms with Crippen LogP contribution in [-0.2, 0) is 0 Å². The molecule has 0 unspecified atom stereocenters. The summed E-state index contributed by atoms with van der Waals surface area (Å²) in [7, 11) is 0. The second-order valence-electron chi connectivity index (χ2n) is 18.1. The zero-order chi connectivity index (χ0) is 45.7. The molecule has 12 aromatic carbocycles. The van der Waals surface area contributed by atoms with E-state index in [9.17, 15) is 0 Å². The zero-order valence-corrected chi connectivity index (χ0v) is 37.9. The van der Waals surface area contributed by atoms with Crippen molar-refractivity contribution in [1.82, 2.24) is 4.57 Å². The molecule has 1 aromatic heterocycles. The van der Waals surface area contributed by atoms with E-state index < -0.39 is 0 Å². The normalized spacial score (nSPS) is 11.5. The Labute approximate surface area is 402 Å². The molecule has 1 heterocycles. The second-order valence-corrected chi connectivity index (χ2v) is 18.1. The van der Waals surface area contributed by atoms with E-state index >= 15 is 0 Å². The lowest BCUT2D eigenvalue weighted by atomic mass is 9.94. The van der Waals surface area contributed by atoms with Gasteiger partial charge in [0, 0.05) is 22.8 Å². The number of aromatic nitrogens is 1. The van der Waals surface area contributed by atoms with E-state index in [0.717, 1.165) is 5.69 Å². The van der Waals surface area contributed by atoms with Crippen LogP contribution in [0.3, 0.4) is 0 Å². The van der Waals surface area contributed by atoms with Crippen LogP contribution in [0, 0.1) is 0 Å². The second kappa shape index (κ2) is 17.0. The fourth-order valence-corrected chi connectivity index (χ4v) is 10.4. The summed E-state index contributed by atoms with van der Waals surface area (Å²) in [5, 5.41) is 8.79. The van der Waals surface area contributed by atoms with Crippen LogP contribution in [0.25, 0.3) is 127 Å². The number of hydrogen-bond donors (Lipinski definition) is 0. The average molecular weight is 876 g/mol. The third-order valence-electron chi connectivity index (χ3n) is 14.1. The topological polar surface area (TPSA) is 4.93 Å². The van der Waals surface area contributed by atoms with Gasteiger partial charge in [0.2, 0.25) is 0 Å². The van der Waals surface area contributed by atoms with Crippen molar-refractivity contribution < 1.29 is 0 Å². The summed E-state index contributed by atoms with van der Waals surface area (Å²) >= 11 is 0. The fourth-order valence-electron chi connectivity index (χ4n) is 10.4. The van der Waals surface area contributed by atoms with Crippen molar-refractivity contribution in [1.29, 1.82) is 0 Å². The van der Waals surface area contributed by atoms with Crippen molar-refractivity contribution in [3.63, 3.8) is 0 Å². The summed E-state index contributed by atoms with van der Waals surface area (Å²) in [6.07, 6.45) is 2.32. The molecule has 322 valence electrons. The van der Waals surface area contributed by atoms with Gasteiger partial charge in [0.15, 0.2) is 0 Å². The Morgan fingerprint density at radius 1 is 0.203 bits per heavy atom. The maximum atomic E-state index is 2.37. The molecule has 1 nitrogen and oxygen atoms in total. The first-order chi connectivity index (χ1) is 34.2. The molecule has 1 heteroatoms. The van der Waals surface area contributed by atoms with Crippen LogP contribution in [0.5, 0.6) is 0 Å². The van der Waals surface area contributed by atoms with Gasteiger partial charge in [0.1, 0.15) is 0 Å². The standard InChI is InChI=1S/C68H45N/c1-2-12-58-43-59(36-29-46(58)9-1)52-37-40-61(41-38-52)69-45-67(57-34-27-50(28-35-57)49-25-32-56(33-26-49)65-18-8-14-54-11-4-6-16-63(54)65)66-44-60(39-42-68(66)69)51-21-19-47(20-22-51)48-23-30-55(31-24-48)64-17-7-13-53-10-3-5-15-62(53)64/h1-45H. The average Bonchev–Trinajstić information content (AvgIpc) is 3.82. The number of rotatable bonds is 8. The highest BCUT2D eigenvalue weighted by Gasteiger charge is 2.15. The predicted molar refractivity (Wildman–Crippen MR) is 294 cm³/mol. The van der Waals surface area contributed by atoms with Crippen LogP contribution in [0.1, 0.15) is 0 Å². The molecule has 0 aliphatic heterocycles. The minimum atomic E-state index is 1.13. The van der Waals surface area contributed by atoms with Gasteiger partial charge in [0.25, 0.3) is 0 Å². The van der Waals surface area contributed by atoms with Crippen LogP contribution in [0.4, 0.5) is 0 Å². The molecule has 0 saturated heterocycles. The lowest BCUT2D eigenvalue weighted by Crippen LogP contribution is -1.92. The van der Waals surface area contributed by atoms with E-state index in [2.05, 4.69) is 278 Å². The molecule has 0 radical (unpaired) electrons. The Kier molecular flexibility index (Phi) is 9.91. The summed E-state index contributed by atoms with van der Waals surface area (Å²) in [6, 6.07) is 97.6. The maximum absolute atomic E-state index is 2.37. The molecule has 13 aromatic rings. The maximum Gasteiger partial charge on any atom is 0.0535 e. The number of nitrogens with zero attached hydrogens (tertiary/aromatic N) is 1. The van der Waals surface area contributed by atoms with Crippen LogP contribution in [-0.4, -0.2) is 4.57 Å². The smallest absolute Gasteiger partial charge is 0.0535 e. The van der Waals surface area contributed by atoms with Crippen molar-refractivity contribution in [3.8, 4) is 83.6 Å². The molecule has 0 fully saturated rings.